The van der Waals surface area contributed by atoms with Crippen molar-refractivity contribution in [2.75, 3.05) is 13.1 Å². The molecule has 1 aliphatic heterocycles. The van der Waals surface area contributed by atoms with Crippen molar-refractivity contribution in [2.45, 2.75) is 84.1 Å². The van der Waals surface area contributed by atoms with Crippen molar-refractivity contribution in [1.29, 1.82) is 0 Å². The van der Waals surface area contributed by atoms with Gasteiger partial charge in [-0.1, -0.05) is 33.1 Å². The molecule has 0 aliphatic carbocycles. The molecule has 118 valence electrons. The molecule has 1 rings (SSSR count). The topological polar surface area (TPSA) is 46.3 Å². The van der Waals surface area contributed by atoms with Gasteiger partial charge in [0.05, 0.1) is 0 Å². The molecule has 2 N–H and O–H groups in total. The Labute approximate surface area is 125 Å². The lowest BCUT2D eigenvalue weighted by Crippen LogP contribution is -2.43. The zero-order chi connectivity index (χ0) is 14.8. The van der Waals surface area contributed by atoms with Gasteiger partial charge in [-0.2, -0.15) is 0 Å². The van der Waals surface area contributed by atoms with Gasteiger partial charge in [-0.15, -0.1) is 0 Å². The molecule has 1 amide bonds. The summed E-state index contributed by atoms with van der Waals surface area (Å²) in [5.74, 6) is 1.03. The number of nitrogens with two attached hydrogens (primary N) is 1. The first-order valence-electron chi connectivity index (χ1n) is 8.72. The molecule has 3 heteroatoms. The summed E-state index contributed by atoms with van der Waals surface area (Å²) in [6, 6.07) is 0.514. The van der Waals surface area contributed by atoms with Crippen LogP contribution in [-0.2, 0) is 4.79 Å². The van der Waals surface area contributed by atoms with Gasteiger partial charge >= 0.3 is 0 Å². The normalized spacial score (nSPS) is 20.9. The second-order valence-corrected chi connectivity index (χ2v) is 6.30. The van der Waals surface area contributed by atoms with Crippen LogP contribution in [0.1, 0.15) is 78.1 Å². The minimum absolute atomic E-state index is 0.390. The van der Waals surface area contributed by atoms with Crippen LogP contribution >= 0.6 is 0 Å². The predicted octanol–water partition coefficient (Wildman–Crippen LogP) is 3.71. The number of piperidine rings is 1. The highest BCUT2D eigenvalue weighted by molar-refractivity contribution is 5.76. The lowest BCUT2D eigenvalue weighted by molar-refractivity contribution is -0.135. The number of carbonyl (C=O) groups excluding carboxylic acids is 1. The van der Waals surface area contributed by atoms with Gasteiger partial charge in [-0.3, -0.25) is 4.79 Å². The number of hydrogen-bond donors (Lipinski definition) is 1. The second kappa shape index (κ2) is 10.2. The quantitative estimate of drug-likeness (QED) is 0.700. The molecule has 2 unspecified atom stereocenters. The molecule has 1 aliphatic rings. The van der Waals surface area contributed by atoms with Crippen molar-refractivity contribution in [1.82, 2.24) is 4.90 Å². The summed E-state index contributed by atoms with van der Waals surface area (Å²) in [5.41, 5.74) is 5.68. The maximum atomic E-state index is 12.5. The zero-order valence-electron chi connectivity index (χ0n) is 13.6. The molecule has 1 heterocycles. The first-order chi connectivity index (χ1) is 9.72. The van der Waals surface area contributed by atoms with Crippen LogP contribution < -0.4 is 5.73 Å². The summed E-state index contributed by atoms with van der Waals surface area (Å²) < 4.78 is 0. The van der Waals surface area contributed by atoms with Crippen LogP contribution in [0.15, 0.2) is 0 Å². The molecule has 2 atom stereocenters. The van der Waals surface area contributed by atoms with E-state index in [-0.39, 0.29) is 0 Å². The molecule has 1 saturated heterocycles. The van der Waals surface area contributed by atoms with Crippen LogP contribution in [0.4, 0.5) is 0 Å². The summed E-state index contributed by atoms with van der Waals surface area (Å²) in [4.78, 5) is 14.7. The third-order valence-corrected chi connectivity index (χ3v) is 4.61. The van der Waals surface area contributed by atoms with E-state index in [0.717, 1.165) is 32.4 Å². The third-order valence-electron chi connectivity index (χ3n) is 4.61. The SMILES string of the molecule is CCCC(CCN)CCC(=O)N1CCCCC1CCC. The van der Waals surface area contributed by atoms with Gasteiger partial charge in [0.25, 0.3) is 0 Å². The molecule has 3 nitrogen and oxygen atoms in total. The highest BCUT2D eigenvalue weighted by Gasteiger charge is 2.25. The maximum absolute atomic E-state index is 12.5. The molecule has 1 fully saturated rings. The maximum Gasteiger partial charge on any atom is 0.222 e. The van der Waals surface area contributed by atoms with Crippen molar-refractivity contribution in [3.63, 3.8) is 0 Å². The Balaban J connectivity index is 2.42. The molecule has 0 aromatic rings. The fourth-order valence-electron chi connectivity index (χ4n) is 3.51. The Morgan fingerprint density at radius 2 is 2.00 bits per heavy atom. The van der Waals surface area contributed by atoms with E-state index in [1.165, 1.54) is 44.9 Å². The number of nitrogens with zero attached hydrogens (tertiary/aromatic N) is 1. The van der Waals surface area contributed by atoms with E-state index in [4.69, 9.17) is 5.73 Å². The Kier molecular flexibility index (Phi) is 8.92. The Morgan fingerprint density at radius 3 is 2.65 bits per heavy atom. The van der Waals surface area contributed by atoms with Gasteiger partial charge in [0.1, 0.15) is 0 Å². The highest BCUT2D eigenvalue weighted by Crippen LogP contribution is 2.24. The fourth-order valence-corrected chi connectivity index (χ4v) is 3.51. The van der Waals surface area contributed by atoms with Crippen molar-refractivity contribution in [3.8, 4) is 0 Å². The van der Waals surface area contributed by atoms with E-state index in [1.807, 2.05) is 0 Å². The van der Waals surface area contributed by atoms with Crippen LogP contribution in [0, 0.1) is 5.92 Å². The van der Waals surface area contributed by atoms with Gasteiger partial charge in [-0.05, 0) is 51.0 Å². The summed E-state index contributed by atoms with van der Waals surface area (Å²) in [7, 11) is 0. The molecular weight excluding hydrogens is 248 g/mol. The monoisotopic (exact) mass is 282 g/mol. The number of likely N-dealkylation sites (tertiary alicyclic amines) is 1. The number of amides is 1. The third kappa shape index (κ3) is 5.82. The number of rotatable bonds is 9. The predicted molar refractivity (Wildman–Crippen MR) is 85.6 cm³/mol. The standard InChI is InChI=1S/C17H34N2O/c1-3-7-15(12-13-18)10-11-17(20)19-14-6-5-9-16(19)8-4-2/h15-16H,3-14,18H2,1-2H3. The first-order valence-corrected chi connectivity index (χ1v) is 8.72. The van der Waals surface area contributed by atoms with E-state index in [0.29, 0.717) is 17.9 Å². The first kappa shape index (κ1) is 17.5. The van der Waals surface area contributed by atoms with Crippen molar-refractivity contribution >= 4 is 5.91 Å². The molecule has 0 spiro atoms. The highest BCUT2D eigenvalue weighted by atomic mass is 16.2. The number of hydrogen-bond acceptors (Lipinski definition) is 2. The average molecular weight is 282 g/mol. The van der Waals surface area contributed by atoms with Crippen molar-refractivity contribution in [2.24, 2.45) is 11.7 Å². The van der Waals surface area contributed by atoms with E-state index < -0.39 is 0 Å². The van der Waals surface area contributed by atoms with Crippen LogP contribution in [0.5, 0.6) is 0 Å². The Morgan fingerprint density at radius 1 is 1.20 bits per heavy atom. The molecule has 0 bridgehead atoms. The van der Waals surface area contributed by atoms with Crippen LogP contribution in [0.3, 0.4) is 0 Å². The van der Waals surface area contributed by atoms with Gasteiger partial charge < -0.3 is 10.6 Å². The van der Waals surface area contributed by atoms with Crippen molar-refractivity contribution < 1.29 is 4.79 Å². The van der Waals surface area contributed by atoms with Gasteiger partial charge in [-0.25, -0.2) is 0 Å². The molecule has 20 heavy (non-hydrogen) atoms. The van der Waals surface area contributed by atoms with E-state index in [9.17, 15) is 4.79 Å². The van der Waals surface area contributed by atoms with Crippen molar-refractivity contribution in [3.05, 3.63) is 0 Å². The number of carbonyl (C=O) groups is 1. The van der Waals surface area contributed by atoms with Crippen LogP contribution in [-0.4, -0.2) is 29.9 Å². The van der Waals surface area contributed by atoms with E-state index in [1.54, 1.807) is 0 Å². The lowest BCUT2D eigenvalue weighted by Gasteiger charge is -2.36. The van der Waals surface area contributed by atoms with Gasteiger partial charge in [0.15, 0.2) is 0 Å². The second-order valence-electron chi connectivity index (χ2n) is 6.30. The lowest BCUT2D eigenvalue weighted by atomic mass is 9.93. The van der Waals surface area contributed by atoms with Crippen LogP contribution in [0.25, 0.3) is 0 Å². The van der Waals surface area contributed by atoms with E-state index in [2.05, 4.69) is 18.7 Å². The zero-order valence-corrected chi connectivity index (χ0v) is 13.6. The summed E-state index contributed by atoms with van der Waals surface area (Å²) in [6.45, 7) is 6.17. The summed E-state index contributed by atoms with van der Waals surface area (Å²) >= 11 is 0. The smallest absolute Gasteiger partial charge is 0.222 e. The fraction of sp³-hybridized carbons (Fsp3) is 0.941. The Hall–Kier alpha value is -0.570. The molecule has 0 saturated carbocycles. The minimum atomic E-state index is 0.390. The van der Waals surface area contributed by atoms with Gasteiger partial charge in [0.2, 0.25) is 5.91 Å². The van der Waals surface area contributed by atoms with Gasteiger partial charge in [0, 0.05) is 19.0 Å². The molecule has 0 aromatic carbocycles. The average Bonchev–Trinajstić information content (AvgIpc) is 2.46. The molecule has 0 aromatic heterocycles. The van der Waals surface area contributed by atoms with E-state index >= 15 is 0 Å². The molecular formula is C17H34N2O. The van der Waals surface area contributed by atoms with Crippen LogP contribution in [0.2, 0.25) is 0 Å². The minimum Gasteiger partial charge on any atom is -0.340 e. The molecule has 0 radical (unpaired) electrons. The largest absolute Gasteiger partial charge is 0.340 e. The Bertz CT molecular complexity index is 260. The summed E-state index contributed by atoms with van der Waals surface area (Å²) in [5, 5.41) is 0. The summed E-state index contributed by atoms with van der Waals surface area (Å²) in [6.07, 6.45) is 11.3.